The molecule has 0 aliphatic carbocycles. The second-order valence-electron chi connectivity index (χ2n) is 5.56. The fourth-order valence-corrected chi connectivity index (χ4v) is 2.54. The van der Waals surface area contributed by atoms with Crippen molar-refractivity contribution in [3.63, 3.8) is 0 Å². The van der Waals surface area contributed by atoms with E-state index in [2.05, 4.69) is 0 Å². The van der Waals surface area contributed by atoms with Crippen LogP contribution in [0.15, 0.2) is 84.9 Å². The van der Waals surface area contributed by atoms with Crippen molar-refractivity contribution in [3.05, 3.63) is 107 Å². The third-order valence-corrected chi connectivity index (χ3v) is 3.83. The van der Waals surface area contributed by atoms with Gasteiger partial charge in [-0.1, -0.05) is 84.9 Å². The van der Waals surface area contributed by atoms with E-state index in [1.807, 2.05) is 97.1 Å². The molecule has 118 valence electrons. The van der Waals surface area contributed by atoms with Crippen molar-refractivity contribution in [2.45, 2.75) is 0 Å². The van der Waals surface area contributed by atoms with Gasteiger partial charge >= 0.3 is 0 Å². The predicted octanol–water partition coefficient (Wildman–Crippen LogP) is 4.60. The van der Waals surface area contributed by atoms with E-state index < -0.39 is 0 Å². The van der Waals surface area contributed by atoms with Crippen LogP contribution < -0.4 is 11.5 Å². The topological polar surface area (TPSA) is 52.0 Å². The zero-order valence-electron chi connectivity index (χ0n) is 13.4. The first-order valence-electron chi connectivity index (χ1n) is 7.88. The molecule has 3 rings (SSSR count). The number of nitrogens with two attached hydrogens (primary N) is 2. The minimum atomic E-state index is 0.731. The average Bonchev–Trinajstić information content (AvgIpc) is 2.64. The molecule has 24 heavy (non-hydrogen) atoms. The molecule has 0 amide bonds. The van der Waals surface area contributed by atoms with Gasteiger partial charge in [0.15, 0.2) is 0 Å². The lowest BCUT2D eigenvalue weighted by atomic mass is 10.0. The molecule has 0 aromatic heterocycles. The van der Waals surface area contributed by atoms with Crippen LogP contribution in [0.1, 0.15) is 22.3 Å². The Morgan fingerprint density at radius 2 is 0.833 bits per heavy atom. The van der Waals surface area contributed by atoms with E-state index in [1.54, 1.807) is 0 Å². The van der Waals surface area contributed by atoms with Gasteiger partial charge in [-0.15, -0.1) is 0 Å². The molecule has 0 aliphatic rings. The van der Waals surface area contributed by atoms with Gasteiger partial charge in [0.25, 0.3) is 0 Å². The molecule has 0 saturated heterocycles. The summed E-state index contributed by atoms with van der Waals surface area (Å²) in [5.41, 5.74) is 18.0. The van der Waals surface area contributed by atoms with Crippen molar-refractivity contribution >= 4 is 23.5 Å². The number of hydrogen-bond acceptors (Lipinski definition) is 2. The Morgan fingerprint density at radius 1 is 0.500 bits per heavy atom. The molecule has 0 saturated carbocycles. The number of benzene rings is 3. The smallest absolute Gasteiger partial charge is 0.0393 e. The SMILES string of the molecule is NC(=Cc1ccccc1C=C(N)c1ccccc1)c1ccccc1. The maximum Gasteiger partial charge on any atom is 0.0393 e. The van der Waals surface area contributed by atoms with Crippen molar-refractivity contribution < 1.29 is 0 Å². The molecule has 4 N–H and O–H groups in total. The van der Waals surface area contributed by atoms with Gasteiger partial charge in [-0.05, 0) is 34.4 Å². The highest BCUT2D eigenvalue weighted by Crippen LogP contribution is 2.20. The maximum atomic E-state index is 6.25. The second kappa shape index (κ2) is 7.34. The largest absolute Gasteiger partial charge is 0.398 e. The van der Waals surface area contributed by atoms with Crippen LogP contribution in [0.2, 0.25) is 0 Å². The fourth-order valence-electron chi connectivity index (χ4n) is 2.54. The van der Waals surface area contributed by atoms with Crippen LogP contribution in [-0.4, -0.2) is 0 Å². The minimum absolute atomic E-state index is 0.731. The zero-order valence-corrected chi connectivity index (χ0v) is 13.4. The van der Waals surface area contributed by atoms with Crippen LogP contribution in [0.5, 0.6) is 0 Å². The lowest BCUT2D eigenvalue weighted by Gasteiger charge is -2.07. The summed E-state index contributed by atoms with van der Waals surface area (Å²) in [4.78, 5) is 0. The van der Waals surface area contributed by atoms with E-state index in [4.69, 9.17) is 11.5 Å². The summed E-state index contributed by atoms with van der Waals surface area (Å²) >= 11 is 0. The lowest BCUT2D eigenvalue weighted by Crippen LogP contribution is -1.98. The van der Waals surface area contributed by atoms with Gasteiger partial charge in [-0.2, -0.15) is 0 Å². The molecule has 0 radical (unpaired) electrons. The Kier molecular flexibility index (Phi) is 4.78. The highest BCUT2D eigenvalue weighted by Gasteiger charge is 2.02. The fraction of sp³-hybridized carbons (Fsp3) is 0. The number of hydrogen-bond donors (Lipinski definition) is 2. The normalized spacial score (nSPS) is 12.2. The minimum Gasteiger partial charge on any atom is -0.398 e. The molecule has 0 heterocycles. The Hall–Kier alpha value is -3.26. The van der Waals surface area contributed by atoms with Gasteiger partial charge in [0.2, 0.25) is 0 Å². The van der Waals surface area contributed by atoms with E-state index in [0.717, 1.165) is 33.6 Å². The Bertz CT molecular complexity index is 788. The van der Waals surface area contributed by atoms with Crippen LogP contribution in [-0.2, 0) is 0 Å². The summed E-state index contributed by atoms with van der Waals surface area (Å²) in [7, 11) is 0. The molecule has 0 bridgehead atoms. The van der Waals surface area contributed by atoms with Crippen molar-refractivity contribution in [1.29, 1.82) is 0 Å². The third-order valence-electron chi connectivity index (χ3n) is 3.83. The highest BCUT2D eigenvalue weighted by atomic mass is 14.6. The molecule has 0 spiro atoms. The van der Waals surface area contributed by atoms with Gasteiger partial charge in [0.1, 0.15) is 0 Å². The molecule has 2 nitrogen and oxygen atoms in total. The van der Waals surface area contributed by atoms with E-state index in [-0.39, 0.29) is 0 Å². The van der Waals surface area contributed by atoms with Crippen LogP contribution in [0.3, 0.4) is 0 Å². The molecule has 2 heteroatoms. The molecule has 0 fully saturated rings. The quantitative estimate of drug-likeness (QED) is 0.692. The van der Waals surface area contributed by atoms with E-state index in [9.17, 15) is 0 Å². The van der Waals surface area contributed by atoms with Crippen molar-refractivity contribution in [2.24, 2.45) is 11.5 Å². The lowest BCUT2D eigenvalue weighted by molar-refractivity contribution is 1.51. The third kappa shape index (κ3) is 3.73. The zero-order chi connectivity index (χ0) is 16.8. The monoisotopic (exact) mass is 312 g/mol. The van der Waals surface area contributed by atoms with Crippen LogP contribution in [0, 0.1) is 0 Å². The summed E-state index contributed by atoms with van der Waals surface area (Å²) in [5.74, 6) is 0. The summed E-state index contributed by atoms with van der Waals surface area (Å²) in [6.07, 6.45) is 3.97. The first-order valence-corrected chi connectivity index (χ1v) is 7.88. The Morgan fingerprint density at radius 3 is 1.21 bits per heavy atom. The van der Waals surface area contributed by atoms with Crippen molar-refractivity contribution in [2.75, 3.05) is 0 Å². The molecule has 3 aromatic carbocycles. The molecular weight excluding hydrogens is 292 g/mol. The van der Waals surface area contributed by atoms with E-state index in [0.29, 0.717) is 0 Å². The van der Waals surface area contributed by atoms with Gasteiger partial charge in [0, 0.05) is 11.4 Å². The Labute approximate surface area is 142 Å². The van der Waals surface area contributed by atoms with Crippen molar-refractivity contribution in [3.8, 4) is 0 Å². The Balaban J connectivity index is 1.97. The average molecular weight is 312 g/mol. The summed E-state index contributed by atoms with van der Waals surface area (Å²) < 4.78 is 0. The van der Waals surface area contributed by atoms with E-state index >= 15 is 0 Å². The summed E-state index contributed by atoms with van der Waals surface area (Å²) in [5, 5.41) is 0. The molecule has 3 aromatic rings. The van der Waals surface area contributed by atoms with Gasteiger partial charge in [0.05, 0.1) is 0 Å². The highest BCUT2D eigenvalue weighted by molar-refractivity contribution is 5.86. The molecular formula is C22H20N2. The van der Waals surface area contributed by atoms with Crippen LogP contribution in [0.25, 0.3) is 23.5 Å². The van der Waals surface area contributed by atoms with Gasteiger partial charge in [-0.3, -0.25) is 0 Å². The molecule has 0 aliphatic heterocycles. The van der Waals surface area contributed by atoms with Gasteiger partial charge < -0.3 is 11.5 Å². The number of rotatable bonds is 4. The molecule has 0 unspecified atom stereocenters. The van der Waals surface area contributed by atoms with Crippen LogP contribution in [0.4, 0.5) is 0 Å². The molecule has 0 atom stereocenters. The summed E-state index contributed by atoms with van der Waals surface area (Å²) in [6.45, 7) is 0. The first-order chi connectivity index (χ1) is 11.7. The first kappa shape index (κ1) is 15.6. The van der Waals surface area contributed by atoms with Gasteiger partial charge in [-0.25, -0.2) is 0 Å². The van der Waals surface area contributed by atoms with Crippen LogP contribution >= 0.6 is 0 Å². The standard InChI is InChI=1S/C22H20N2/c23-21(17-9-3-1-4-10-17)15-19-13-7-8-14-20(19)16-22(24)18-11-5-2-6-12-18/h1-16H,23-24H2. The van der Waals surface area contributed by atoms with E-state index in [1.165, 1.54) is 0 Å². The summed E-state index contributed by atoms with van der Waals surface area (Å²) in [6, 6.07) is 28.0. The van der Waals surface area contributed by atoms with Crippen molar-refractivity contribution in [1.82, 2.24) is 0 Å². The predicted molar refractivity (Wildman–Crippen MR) is 103 cm³/mol. The second-order valence-corrected chi connectivity index (χ2v) is 5.56. The maximum absolute atomic E-state index is 6.25.